The minimum absolute atomic E-state index is 0.0296. The summed E-state index contributed by atoms with van der Waals surface area (Å²) in [7, 11) is 0. The predicted octanol–water partition coefficient (Wildman–Crippen LogP) is 10.9. The number of carbonyl (C=O) groups is 5. The van der Waals surface area contributed by atoms with Gasteiger partial charge in [-0.1, -0.05) is 141 Å². The Kier molecular flexibility index (Phi) is 23.4. The van der Waals surface area contributed by atoms with Crippen molar-refractivity contribution >= 4 is 29.8 Å². The van der Waals surface area contributed by atoms with Crippen LogP contribution in [-0.2, 0) is 33.4 Å². The van der Waals surface area contributed by atoms with Gasteiger partial charge in [-0.15, -0.1) is 0 Å². The molecule has 2 saturated heterocycles. The molecule has 8 nitrogen and oxygen atoms in total. The maximum Gasteiger partial charge on any atom is 0.317 e. The number of cyclic esters (lactones) is 4. The number of allylic oxidation sites excluding steroid dienone is 4. The summed E-state index contributed by atoms with van der Waals surface area (Å²) in [5.74, 6) is -2.39. The summed E-state index contributed by atoms with van der Waals surface area (Å²) < 4.78 is 10.00. The van der Waals surface area contributed by atoms with Crippen LogP contribution in [-0.4, -0.2) is 35.0 Å². The molecule has 51 heavy (non-hydrogen) atoms. The van der Waals surface area contributed by atoms with E-state index in [4.69, 9.17) is 14.6 Å². The van der Waals surface area contributed by atoms with Crippen LogP contribution < -0.4 is 0 Å². The Morgan fingerprint density at radius 2 is 1.00 bits per heavy atom. The van der Waals surface area contributed by atoms with E-state index < -0.39 is 41.7 Å². The third-order valence-corrected chi connectivity index (χ3v) is 11.1. The van der Waals surface area contributed by atoms with Crippen molar-refractivity contribution in [3.8, 4) is 0 Å². The van der Waals surface area contributed by atoms with Crippen molar-refractivity contribution in [3.63, 3.8) is 0 Å². The quantitative estimate of drug-likeness (QED) is 0.0326. The van der Waals surface area contributed by atoms with E-state index in [-0.39, 0.29) is 31.1 Å². The van der Waals surface area contributed by atoms with Crippen LogP contribution in [0.5, 0.6) is 0 Å². The van der Waals surface area contributed by atoms with Crippen LogP contribution in [0.2, 0.25) is 0 Å². The molecule has 0 radical (unpaired) electrons. The van der Waals surface area contributed by atoms with Gasteiger partial charge in [0.15, 0.2) is 0 Å². The Labute approximate surface area is 309 Å². The van der Waals surface area contributed by atoms with Crippen molar-refractivity contribution < 1.29 is 38.6 Å². The Morgan fingerprint density at radius 3 is 1.37 bits per heavy atom. The Morgan fingerprint density at radius 1 is 0.588 bits per heavy atom. The monoisotopic (exact) mass is 715 g/mol. The fourth-order valence-corrected chi connectivity index (χ4v) is 8.00. The van der Waals surface area contributed by atoms with Crippen LogP contribution in [0.25, 0.3) is 0 Å². The number of aliphatic carboxylic acids is 1. The molecule has 2 rings (SSSR count). The molecule has 1 N–H and O–H groups in total. The van der Waals surface area contributed by atoms with E-state index >= 15 is 0 Å². The highest BCUT2D eigenvalue weighted by Crippen LogP contribution is 2.39. The molecule has 2 heterocycles. The zero-order valence-corrected chi connectivity index (χ0v) is 32.3. The van der Waals surface area contributed by atoms with Crippen LogP contribution in [0.3, 0.4) is 0 Å². The molecule has 290 valence electrons. The highest BCUT2D eigenvalue weighted by atomic mass is 16.6. The molecule has 2 fully saturated rings. The molecule has 6 atom stereocenters. The highest BCUT2D eigenvalue weighted by Gasteiger charge is 2.40. The van der Waals surface area contributed by atoms with Gasteiger partial charge in [0, 0.05) is 6.42 Å². The molecule has 2 aliphatic rings. The summed E-state index contributed by atoms with van der Waals surface area (Å²) in [6.07, 6.45) is 32.2. The van der Waals surface area contributed by atoms with Gasteiger partial charge in [0.05, 0.1) is 24.7 Å². The fourth-order valence-electron chi connectivity index (χ4n) is 8.00. The maximum atomic E-state index is 12.7. The first kappa shape index (κ1) is 44.4. The Balaban J connectivity index is 2.26. The first-order chi connectivity index (χ1) is 24.7. The number of unbranched alkanes of at least 4 members (excludes halogenated alkanes) is 12. The molecule has 0 amide bonds. The number of esters is 4. The molecule has 0 bridgehead atoms. The zero-order valence-electron chi connectivity index (χ0n) is 32.3. The van der Waals surface area contributed by atoms with Crippen LogP contribution in [0.15, 0.2) is 24.3 Å². The van der Waals surface area contributed by atoms with E-state index in [0.29, 0.717) is 11.8 Å². The summed E-state index contributed by atoms with van der Waals surface area (Å²) >= 11 is 0. The molecule has 0 saturated carbocycles. The number of hydrogen-bond donors (Lipinski definition) is 1. The van der Waals surface area contributed by atoms with Crippen LogP contribution in [0, 0.1) is 35.5 Å². The van der Waals surface area contributed by atoms with Crippen LogP contribution in [0.1, 0.15) is 181 Å². The smallest absolute Gasteiger partial charge is 0.317 e. The van der Waals surface area contributed by atoms with Gasteiger partial charge in [0.2, 0.25) is 0 Å². The van der Waals surface area contributed by atoms with Crippen molar-refractivity contribution in [2.24, 2.45) is 35.5 Å². The average molecular weight is 715 g/mol. The normalized spacial score (nSPS) is 20.3. The van der Waals surface area contributed by atoms with E-state index in [9.17, 15) is 24.0 Å². The summed E-state index contributed by atoms with van der Waals surface area (Å²) in [6, 6.07) is 0. The standard InChI is InChI=1S/C43H70O8/c1-4-7-10-11-14-19-22-33(27-29-35(24-17-8-5-2)37-31-40(46)50-42(37)48)34(23-20-15-12-13-16-21-26-39(44)45)28-30-36(25-18-9-6-3)38-32-41(47)51-43(38)49/h17-18,24-25,33-38H,4-16,19-23,26-32H2,1-3H3,(H,44,45)/b24-17+,25-18+. The second-order valence-corrected chi connectivity index (χ2v) is 15.3. The van der Waals surface area contributed by atoms with E-state index in [2.05, 4.69) is 45.1 Å². The van der Waals surface area contributed by atoms with E-state index in [1.165, 1.54) is 32.1 Å². The van der Waals surface area contributed by atoms with E-state index in [1.807, 2.05) is 0 Å². The SMILES string of the molecule is CCC/C=C/C(CCC(CCCCCCCC)C(CCCCCCCCC(=O)O)CCC(/C=C/CCC)C1CC(=O)OC1=O)C1CC(=O)OC1=O. The molecular formula is C43H70O8. The predicted molar refractivity (Wildman–Crippen MR) is 202 cm³/mol. The first-order valence-corrected chi connectivity index (χ1v) is 20.7. The molecule has 2 aliphatic heterocycles. The number of ether oxygens (including phenoxy) is 2. The Hall–Kier alpha value is -2.77. The highest BCUT2D eigenvalue weighted by molar-refractivity contribution is 5.95. The lowest BCUT2D eigenvalue weighted by Gasteiger charge is -2.31. The minimum Gasteiger partial charge on any atom is -0.481 e. The fraction of sp³-hybridized carbons (Fsp3) is 0.791. The van der Waals surface area contributed by atoms with Crippen molar-refractivity contribution in [1.29, 1.82) is 0 Å². The summed E-state index contributed by atoms with van der Waals surface area (Å²) in [5, 5.41) is 8.96. The van der Waals surface area contributed by atoms with Crippen molar-refractivity contribution in [3.05, 3.63) is 24.3 Å². The third kappa shape index (κ3) is 18.5. The number of carboxylic acid groups (broad SMARTS) is 1. The third-order valence-electron chi connectivity index (χ3n) is 11.1. The van der Waals surface area contributed by atoms with Crippen molar-refractivity contribution in [1.82, 2.24) is 0 Å². The van der Waals surface area contributed by atoms with Gasteiger partial charge in [0.1, 0.15) is 0 Å². The maximum absolute atomic E-state index is 12.7. The van der Waals surface area contributed by atoms with E-state index in [0.717, 1.165) is 109 Å². The molecular weight excluding hydrogens is 644 g/mol. The largest absolute Gasteiger partial charge is 0.481 e. The molecule has 6 unspecified atom stereocenters. The number of hydrogen-bond acceptors (Lipinski definition) is 7. The average Bonchev–Trinajstić information content (AvgIpc) is 3.62. The van der Waals surface area contributed by atoms with Gasteiger partial charge < -0.3 is 14.6 Å². The summed E-state index contributed by atoms with van der Waals surface area (Å²) in [6.45, 7) is 6.51. The molecule has 0 aliphatic carbocycles. The molecule has 8 heteroatoms. The second kappa shape index (κ2) is 26.9. The summed E-state index contributed by atoms with van der Waals surface area (Å²) in [4.78, 5) is 60.5. The zero-order chi connectivity index (χ0) is 37.3. The number of carbonyl (C=O) groups excluding carboxylic acids is 4. The minimum atomic E-state index is -0.730. The second-order valence-electron chi connectivity index (χ2n) is 15.3. The molecule has 0 aromatic heterocycles. The van der Waals surface area contributed by atoms with Crippen molar-refractivity contribution in [2.45, 2.75) is 181 Å². The lowest BCUT2D eigenvalue weighted by molar-refractivity contribution is -0.155. The summed E-state index contributed by atoms with van der Waals surface area (Å²) in [5.41, 5.74) is 0. The van der Waals surface area contributed by atoms with Gasteiger partial charge in [-0.25, -0.2) is 0 Å². The lowest BCUT2D eigenvalue weighted by atomic mass is 9.74. The van der Waals surface area contributed by atoms with Gasteiger partial charge in [-0.3, -0.25) is 24.0 Å². The van der Waals surface area contributed by atoms with Gasteiger partial charge in [-0.2, -0.15) is 0 Å². The molecule has 0 spiro atoms. The van der Waals surface area contributed by atoms with Gasteiger partial charge in [0.25, 0.3) is 0 Å². The lowest BCUT2D eigenvalue weighted by Crippen LogP contribution is -2.23. The van der Waals surface area contributed by atoms with Crippen LogP contribution in [0.4, 0.5) is 0 Å². The van der Waals surface area contributed by atoms with Crippen LogP contribution >= 0.6 is 0 Å². The molecule has 0 aromatic carbocycles. The Bertz CT molecular complexity index is 1090. The van der Waals surface area contributed by atoms with Gasteiger partial charge in [-0.05, 0) is 68.6 Å². The van der Waals surface area contributed by atoms with E-state index in [1.54, 1.807) is 0 Å². The first-order valence-electron chi connectivity index (χ1n) is 20.7. The molecule has 0 aromatic rings. The number of rotatable bonds is 31. The number of carboxylic acids is 1. The van der Waals surface area contributed by atoms with Crippen molar-refractivity contribution in [2.75, 3.05) is 0 Å². The topological polar surface area (TPSA) is 124 Å². The van der Waals surface area contributed by atoms with Gasteiger partial charge >= 0.3 is 29.8 Å².